The number of hydrogen-bond acceptors (Lipinski definition) is 4. The Morgan fingerprint density at radius 3 is 2.55 bits per heavy atom. The van der Waals surface area contributed by atoms with Crippen LogP contribution in [0.15, 0.2) is 42.5 Å². The third-order valence-corrected chi connectivity index (χ3v) is 6.11. The van der Waals surface area contributed by atoms with E-state index >= 15 is 0 Å². The van der Waals surface area contributed by atoms with Crippen LogP contribution in [0.4, 0.5) is 0 Å². The predicted molar refractivity (Wildman–Crippen MR) is 118 cm³/mol. The number of aryl methyl sites for hydroxylation is 1. The van der Waals surface area contributed by atoms with Crippen molar-refractivity contribution in [3.63, 3.8) is 0 Å². The Kier molecular flexibility index (Phi) is 5.90. The van der Waals surface area contributed by atoms with Crippen LogP contribution < -0.4 is 14.8 Å². The highest BCUT2D eigenvalue weighted by atomic mass is 16.6. The number of carbonyl (C=O) groups excluding carboxylic acids is 2. The van der Waals surface area contributed by atoms with Crippen molar-refractivity contribution in [3.05, 3.63) is 59.2 Å². The minimum Gasteiger partial charge on any atom is -0.486 e. The smallest absolute Gasteiger partial charge is 0.225 e. The van der Waals surface area contributed by atoms with Crippen LogP contribution in [0.5, 0.6) is 11.5 Å². The number of hydrogen-bond donors (Lipinski definition) is 1. The maximum absolute atomic E-state index is 12.8. The number of rotatable bonds is 6. The van der Waals surface area contributed by atoms with Crippen molar-refractivity contribution in [1.29, 1.82) is 0 Å². The number of carbonyl (C=O) groups is 2. The van der Waals surface area contributed by atoms with Gasteiger partial charge in [-0.15, -0.1) is 0 Å². The van der Waals surface area contributed by atoms with Gasteiger partial charge in [0, 0.05) is 31.5 Å². The Balaban J connectivity index is 1.34. The number of fused-ring (bicyclic) bond motifs is 1. The molecule has 2 aliphatic rings. The summed E-state index contributed by atoms with van der Waals surface area (Å²) in [5, 5.41) is 3.07. The van der Waals surface area contributed by atoms with Crippen molar-refractivity contribution in [1.82, 2.24) is 10.2 Å². The van der Waals surface area contributed by atoms with Gasteiger partial charge >= 0.3 is 0 Å². The molecule has 2 aromatic rings. The molecule has 1 N–H and O–H groups in total. The van der Waals surface area contributed by atoms with E-state index in [9.17, 15) is 9.59 Å². The molecule has 1 atom stereocenters. The highest BCUT2D eigenvalue weighted by molar-refractivity contribution is 5.89. The molecule has 0 radical (unpaired) electrons. The summed E-state index contributed by atoms with van der Waals surface area (Å²) in [4.78, 5) is 27.0. The summed E-state index contributed by atoms with van der Waals surface area (Å²) in [5.41, 5.74) is 3.06. The number of nitrogens with one attached hydrogen (secondary N) is 1. The summed E-state index contributed by atoms with van der Waals surface area (Å²) in [6, 6.07) is 14.1. The standard InChI is InChI=1S/C25H30N2O4/c1-17-4-6-18(7-5-17)14-27-15-19(12-23(27)28)24(29)26-16-25(2,3)20-8-9-21-22(13-20)31-11-10-30-21/h4-9,13,19H,10-12,14-16H2,1-3H3,(H,26,29). The third kappa shape index (κ3) is 4.84. The zero-order chi connectivity index (χ0) is 22.0. The van der Waals surface area contributed by atoms with E-state index in [0.29, 0.717) is 32.8 Å². The van der Waals surface area contributed by atoms with Crippen molar-refractivity contribution < 1.29 is 19.1 Å². The van der Waals surface area contributed by atoms with E-state index in [1.165, 1.54) is 5.56 Å². The van der Waals surface area contributed by atoms with Crippen molar-refractivity contribution in [2.75, 3.05) is 26.3 Å². The van der Waals surface area contributed by atoms with Gasteiger partial charge in [0.25, 0.3) is 0 Å². The summed E-state index contributed by atoms with van der Waals surface area (Å²) in [5.74, 6) is 1.16. The van der Waals surface area contributed by atoms with Gasteiger partial charge in [-0.25, -0.2) is 0 Å². The van der Waals surface area contributed by atoms with E-state index in [1.54, 1.807) is 4.90 Å². The fourth-order valence-corrected chi connectivity index (χ4v) is 4.03. The molecular formula is C25H30N2O4. The van der Waals surface area contributed by atoms with E-state index in [-0.39, 0.29) is 29.6 Å². The highest BCUT2D eigenvalue weighted by Gasteiger charge is 2.35. The Labute approximate surface area is 183 Å². The summed E-state index contributed by atoms with van der Waals surface area (Å²) in [7, 11) is 0. The molecule has 1 fully saturated rings. The van der Waals surface area contributed by atoms with Gasteiger partial charge in [-0.05, 0) is 30.2 Å². The van der Waals surface area contributed by atoms with E-state index in [0.717, 1.165) is 22.6 Å². The third-order valence-electron chi connectivity index (χ3n) is 6.11. The molecule has 1 saturated heterocycles. The summed E-state index contributed by atoms with van der Waals surface area (Å²) in [6.07, 6.45) is 0.266. The van der Waals surface area contributed by atoms with Crippen LogP contribution in [0.25, 0.3) is 0 Å². The summed E-state index contributed by atoms with van der Waals surface area (Å²) in [6.45, 7) is 8.81. The summed E-state index contributed by atoms with van der Waals surface area (Å²) < 4.78 is 11.3. The van der Waals surface area contributed by atoms with Gasteiger partial charge in [0.15, 0.2) is 11.5 Å². The zero-order valence-corrected chi connectivity index (χ0v) is 18.4. The maximum Gasteiger partial charge on any atom is 0.225 e. The molecule has 0 aliphatic carbocycles. The monoisotopic (exact) mass is 422 g/mol. The minimum atomic E-state index is -0.311. The lowest BCUT2D eigenvalue weighted by molar-refractivity contribution is -0.129. The zero-order valence-electron chi connectivity index (χ0n) is 18.4. The van der Waals surface area contributed by atoms with Gasteiger partial charge in [0.1, 0.15) is 13.2 Å². The molecule has 0 spiro atoms. The van der Waals surface area contributed by atoms with E-state index in [2.05, 4.69) is 19.2 Å². The van der Waals surface area contributed by atoms with Crippen LogP contribution in [0.1, 0.15) is 37.0 Å². The molecule has 4 rings (SSSR count). The van der Waals surface area contributed by atoms with Crippen LogP contribution in [-0.2, 0) is 21.5 Å². The fourth-order valence-electron chi connectivity index (χ4n) is 4.03. The van der Waals surface area contributed by atoms with E-state index in [1.807, 2.05) is 49.4 Å². The first-order chi connectivity index (χ1) is 14.8. The van der Waals surface area contributed by atoms with E-state index < -0.39 is 0 Å². The Morgan fingerprint density at radius 2 is 1.81 bits per heavy atom. The Morgan fingerprint density at radius 1 is 1.10 bits per heavy atom. The second kappa shape index (κ2) is 8.61. The Hall–Kier alpha value is -3.02. The van der Waals surface area contributed by atoms with Crippen LogP contribution in [0.2, 0.25) is 0 Å². The van der Waals surface area contributed by atoms with Crippen molar-refractivity contribution in [3.8, 4) is 11.5 Å². The lowest BCUT2D eigenvalue weighted by Gasteiger charge is -2.28. The van der Waals surface area contributed by atoms with Gasteiger partial charge in [0.2, 0.25) is 11.8 Å². The lowest BCUT2D eigenvalue weighted by Crippen LogP contribution is -2.40. The highest BCUT2D eigenvalue weighted by Crippen LogP contribution is 2.35. The number of benzene rings is 2. The molecule has 31 heavy (non-hydrogen) atoms. The molecule has 6 heteroatoms. The van der Waals surface area contributed by atoms with Gasteiger partial charge in [0.05, 0.1) is 5.92 Å². The van der Waals surface area contributed by atoms with Gasteiger partial charge in [-0.2, -0.15) is 0 Å². The van der Waals surface area contributed by atoms with Gasteiger partial charge in [-0.1, -0.05) is 49.7 Å². The molecule has 0 bridgehead atoms. The molecule has 164 valence electrons. The molecule has 2 heterocycles. The first kappa shape index (κ1) is 21.2. The average Bonchev–Trinajstić information content (AvgIpc) is 3.13. The predicted octanol–water partition coefficient (Wildman–Crippen LogP) is 3.21. The van der Waals surface area contributed by atoms with Crippen LogP contribution >= 0.6 is 0 Å². The van der Waals surface area contributed by atoms with E-state index in [4.69, 9.17) is 9.47 Å². The molecule has 2 aromatic carbocycles. The molecule has 2 amide bonds. The topological polar surface area (TPSA) is 67.9 Å². The number of nitrogens with zero attached hydrogens (tertiary/aromatic N) is 1. The van der Waals surface area contributed by atoms with Crippen LogP contribution in [-0.4, -0.2) is 43.0 Å². The molecule has 1 unspecified atom stereocenters. The molecule has 0 saturated carbocycles. The SMILES string of the molecule is Cc1ccc(CN2CC(C(=O)NCC(C)(C)c3ccc4c(c3)OCCO4)CC2=O)cc1. The lowest BCUT2D eigenvalue weighted by atomic mass is 9.84. The first-order valence-corrected chi connectivity index (χ1v) is 10.8. The largest absolute Gasteiger partial charge is 0.486 e. The van der Waals surface area contributed by atoms with Crippen molar-refractivity contribution in [2.24, 2.45) is 5.92 Å². The average molecular weight is 423 g/mol. The quantitative estimate of drug-likeness (QED) is 0.776. The van der Waals surface area contributed by atoms with Gasteiger partial charge in [-0.3, -0.25) is 9.59 Å². The second-order valence-electron chi connectivity index (χ2n) is 9.12. The minimum absolute atomic E-state index is 0.0341. The Bertz CT molecular complexity index is 968. The van der Waals surface area contributed by atoms with Gasteiger partial charge < -0.3 is 19.7 Å². The molecule has 2 aliphatic heterocycles. The van der Waals surface area contributed by atoms with Crippen LogP contribution in [0, 0.1) is 12.8 Å². The maximum atomic E-state index is 12.8. The molecule has 6 nitrogen and oxygen atoms in total. The van der Waals surface area contributed by atoms with Crippen LogP contribution in [0.3, 0.4) is 0 Å². The number of amides is 2. The van der Waals surface area contributed by atoms with Crippen molar-refractivity contribution in [2.45, 2.75) is 39.2 Å². The first-order valence-electron chi connectivity index (χ1n) is 10.8. The summed E-state index contributed by atoms with van der Waals surface area (Å²) >= 11 is 0. The molecule has 0 aromatic heterocycles. The normalized spacial score (nSPS) is 18.2. The fraction of sp³-hybridized carbons (Fsp3) is 0.440. The second-order valence-corrected chi connectivity index (χ2v) is 9.12. The number of likely N-dealkylation sites (tertiary alicyclic amines) is 1. The number of ether oxygens (including phenoxy) is 2. The molecular weight excluding hydrogens is 392 g/mol. The van der Waals surface area contributed by atoms with Crippen molar-refractivity contribution >= 4 is 11.8 Å².